The van der Waals surface area contributed by atoms with Crippen LogP contribution >= 0.6 is 22.6 Å². The van der Waals surface area contributed by atoms with Crippen LogP contribution in [0.25, 0.3) is 0 Å². The molecule has 1 aliphatic rings. The first kappa shape index (κ1) is 11.8. The van der Waals surface area contributed by atoms with E-state index in [0.29, 0.717) is 22.7 Å². The molecule has 0 amide bonds. The van der Waals surface area contributed by atoms with Crippen LogP contribution in [0.3, 0.4) is 0 Å². The Morgan fingerprint density at radius 1 is 1.69 bits per heavy atom. The maximum absolute atomic E-state index is 11.3. The topological polar surface area (TPSA) is 76.2 Å². The Labute approximate surface area is 106 Å². The number of morpholine rings is 1. The lowest BCUT2D eigenvalue weighted by Crippen LogP contribution is -2.41. The molecule has 1 atom stereocenters. The molecule has 1 saturated heterocycles. The third-order valence-electron chi connectivity index (χ3n) is 2.17. The maximum Gasteiger partial charge on any atom is 0.268 e. The number of ether oxygens (including phenoxy) is 2. The number of aromatic amines is 1. The number of halogens is 1. The molecule has 2 heterocycles. The van der Waals surface area contributed by atoms with Crippen molar-refractivity contribution in [2.45, 2.75) is 6.10 Å². The Balaban J connectivity index is 1.93. The standard InChI is InChI=1S/C9H12IN3O3/c10-7-8(14)12-5-13-9(7)16-4-6-3-11-1-2-15-6/h5-6,11H,1-4H2,(H,12,13,14). The van der Waals surface area contributed by atoms with E-state index in [9.17, 15) is 4.79 Å². The number of nitrogens with one attached hydrogen (secondary N) is 2. The van der Waals surface area contributed by atoms with Crippen LogP contribution in [0.4, 0.5) is 0 Å². The number of H-pyrrole nitrogens is 1. The lowest BCUT2D eigenvalue weighted by atomic mass is 10.3. The summed E-state index contributed by atoms with van der Waals surface area (Å²) in [6.07, 6.45) is 1.35. The molecule has 1 unspecified atom stereocenters. The van der Waals surface area contributed by atoms with E-state index >= 15 is 0 Å². The highest BCUT2D eigenvalue weighted by Gasteiger charge is 2.15. The van der Waals surface area contributed by atoms with E-state index in [1.165, 1.54) is 6.33 Å². The molecule has 1 aromatic heterocycles. The predicted octanol–water partition coefficient (Wildman–Crippen LogP) is -0.258. The monoisotopic (exact) mass is 337 g/mol. The van der Waals surface area contributed by atoms with Gasteiger partial charge in [-0.15, -0.1) is 0 Å². The van der Waals surface area contributed by atoms with Crippen molar-refractivity contribution >= 4 is 22.6 Å². The van der Waals surface area contributed by atoms with Crippen LogP contribution < -0.4 is 15.6 Å². The smallest absolute Gasteiger partial charge is 0.268 e. The molecule has 0 spiro atoms. The molecule has 1 fully saturated rings. The zero-order valence-electron chi connectivity index (χ0n) is 8.53. The van der Waals surface area contributed by atoms with Crippen molar-refractivity contribution in [2.75, 3.05) is 26.3 Å². The Morgan fingerprint density at radius 2 is 2.56 bits per heavy atom. The van der Waals surface area contributed by atoms with E-state index in [0.717, 1.165) is 13.1 Å². The molecule has 16 heavy (non-hydrogen) atoms. The van der Waals surface area contributed by atoms with Crippen molar-refractivity contribution in [1.29, 1.82) is 0 Å². The van der Waals surface area contributed by atoms with E-state index in [2.05, 4.69) is 15.3 Å². The average molecular weight is 337 g/mol. The van der Waals surface area contributed by atoms with Crippen LogP contribution in [0.15, 0.2) is 11.1 Å². The quantitative estimate of drug-likeness (QED) is 0.744. The lowest BCUT2D eigenvalue weighted by molar-refractivity contribution is -0.000997. The molecule has 7 heteroatoms. The first-order valence-electron chi connectivity index (χ1n) is 4.95. The van der Waals surface area contributed by atoms with Gasteiger partial charge in [0.1, 0.15) is 16.3 Å². The molecule has 1 aromatic rings. The fourth-order valence-corrected chi connectivity index (χ4v) is 1.82. The van der Waals surface area contributed by atoms with E-state index in [4.69, 9.17) is 9.47 Å². The highest BCUT2D eigenvalue weighted by atomic mass is 127. The maximum atomic E-state index is 11.3. The van der Waals surface area contributed by atoms with Crippen molar-refractivity contribution < 1.29 is 9.47 Å². The number of hydrogen-bond acceptors (Lipinski definition) is 5. The average Bonchev–Trinajstić information content (AvgIpc) is 2.32. The lowest BCUT2D eigenvalue weighted by Gasteiger charge is -2.23. The van der Waals surface area contributed by atoms with Crippen LogP contribution in [-0.4, -0.2) is 42.4 Å². The zero-order valence-corrected chi connectivity index (χ0v) is 10.7. The number of hydrogen-bond donors (Lipinski definition) is 2. The van der Waals surface area contributed by atoms with E-state index in [-0.39, 0.29) is 11.7 Å². The van der Waals surface area contributed by atoms with E-state index in [1.807, 2.05) is 22.6 Å². The molecule has 6 nitrogen and oxygen atoms in total. The summed E-state index contributed by atoms with van der Waals surface area (Å²) >= 11 is 1.91. The Bertz CT molecular complexity index is 403. The molecular weight excluding hydrogens is 325 g/mol. The van der Waals surface area contributed by atoms with Gasteiger partial charge in [-0.25, -0.2) is 4.98 Å². The van der Waals surface area contributed by atoms with Gasteiger partial charge in [0.15, 0.2) is 0 Å². The molecular formula is C9H12IN3O3. The molecule has 0 aromatic carbocycles. The second-order valence-electron chi connectivity index (χ2n) is 3.36. The van der Waals surface area contributed by atoms with Crippen molar-refractivity contribution in [3.63, 3.8) is 0 Å². The van der Waals surface area contributed by atoms with Gasteiger partial charge < -0.3 is 19.8 Å². The van der Waals surface area contributed by atoms with Crippen molar-refractivity contribution in [1.82, 2.24) is 15.3 Å². The predicted molar refractivity (Wildman–Crippen MR) is 65.7 cm³/mol. The summed E-state index contributed by atoms with van der Waals surface area (Å²) in [5.74, 6) is 0.360. The third kappa shape index (κ3) is 2.92. The summed E-state index contributed by atoms with van der Waals surface area (Å²) in [4.78, 5) is 17.7. The van der Waals surface area contributed by atoms with Crippen LogP contribution in [-0.2, 0) is 4.74 Å². The summed E-state index contributed by atoms with van der Waals surface area (Å²) in [6, 6.07) is 0. The Morgan fingerprint density at radius 3 is 3.31 bits per heavy atom. The van der Waals surface area contributed by atoms with Gasteiger partial charge in [-0.1, -0.05) is 0 Å². The van der Waals surface area contributed by atoms with Gasteiger partial charge >= 0.3 is 0 Å². The van der Waals surface area contributed by atoms with E-state index in [1.54, 1.807) is 0 Å². The highest BCUT2D eigenvalue weighted by Crippen LogP contribution is 2.12. The second-order valence-corrected chi connectivity index (χ2v) is 4.44. The second kappa shape index (κ2) is 5.60. The minimum Gasteiger partial charge on any atom is -0.474 e. The summed E-state index contributed by atoms with van der Waals surface area (Å²) < 4.78 is 11.4. The summed E-state index contributed by atoms with van der Waals surface area (Å²) in [5, 5.41) is 3.20. The SMILES string of the molecule is O=c1[nH]cnc(OCC2CNCCO2)c1I. The fraction of sp³-hybridized carbons (Fsp3) is 0.556. The first-order valence-corrected chi connectivity index (χ1v) is 6.03. The van der Waals surface area contributed by atoms with Crippen LogP contribution in [0.1, 0.15) is 0 Å². The Kier molecular flexibility index (Phi) is 4.13. The van der Waals surface area contributed by atoms with Gasteiger partial charge in [-0.2, -0.15) is 0 Å². The van der Waals surface area contributed by atoms with Gasteiger partial charge in [0, 0.05) is 13.1 Å². The van der Waals surface area contributed by atoms with Crippen LogP contribution in [0, 0.1) is 3.57 Å². The molecule has 2 N–H and O–H groups in total. The summed E-state index contributed by atoms with van der Waals surface area (Å²) in [5.41, 5.74) is -0.187. The van der Waals surface area contributed by atoms with Gasteiger partial charge in [-0.3, -0.25) is 4.79 Å². The highest BCUT2D eigenvalue weighted by molar-refractivity contribution is 14.1. The number of rotatable bonds is 3. The summed E-state index contributed by atoms with van der Waals surface area (Å²) in [7, 11) is 0. The molecule has 2 rings (SSSR count). The molecule has 0 aliphatic carbocycles. The zero-order chi connectivity index (χ0) is 11.4. The summed E-state index contributed by atoms with van der Waals surface area (Å²) in [6.45, 7) is 2.73. The van der Waals surface area contributed by atoms with E-state index < -0.39 is 0 Å². The Hall–Kier alpha value is -0.670. The van der Waals surface area contributed by atoms with Crippen molar-refractivity contribution in [2.24, 2.45) is 0 Å². The molecule has 0 saturated carbocycles. The van der Waals surface area contributed by atoms with Crippen molar-refractivity contribution in [3.05, 3.63) is 20.3 Å². The van der Waals surface area contributed by atoms with Crippen molar-refractivity contribution in [3.8, 4) is 5.88 Å². The molecule has 1 aliphatic heterocycles. The first-order chi connectivity index (χ1) is 7.77. The molecule has 0 radical (unpaired) electrons. The minimum atomic E-state index is -0.187. The fourth-order valence-electron chi connectivity index (χ4n) is 1.37. The van der Waals surface area contributed by atoms with Crippen LogP contribution in [0.2, 0.25) is 0 Å². The minimum absolute atomic E-state index is 0.0191. The van der Waals surface area contributed by atoms with Gasteiger partial charge in [0.05, 0.1) is 12.9 Å². The van der Waals surface area contributed by atoms with Gasteiger partial charge in [0.25, 0.3) is 5.56 Å². The number of nitrogens with zero attached hydrogens (tertiary/aromatic N) is 1. The molecule has 88 valence electrons. The largest absolute Gasteiger partial charge is 0.474 e. The number of aromatic nitrogens is 2. The molecule has 0 bridgehead atoms. The normalized spacial score (nSPS) is 20.7. The van der Waals surface area contributed by atoms with Gasteiger partial charge in [0.2, 0.25) is 5.88 Å². The third-order valence-corrected chi connectivity index (χ3v) is 3.13. The van der Waals surface area contributed by atoms with Crippen LogP contribution in [0.5, 0.6) is 5.88 Å². The van der Waals surface area contributed by atoms with Gasteiger partial charge in [-0.05, 0) is 22.6 Å².